The lowest BCUT2D eigenvalue weighted by Crippen LogP contribution is -2.40. The van der Waals surface area contributed by atoms with Crippen LogP contribution in [0.1, 0.15) is 30.7 Å². The monoisotopic (exact) mass is 386 g/mol. The molecule has 6 heteroatoms. The van der Waals surface area contributed by atoms with Crippen molar-refractivity contribution in [1.82, 2.24) is 20.0 Å². The van der Waals surface area contributed by atoms with Gasteiger partial charge in [0, 0.05) is 25.2 Å². The Balaban J connectivity index is 1.13. The number of likely N-dealkylation sites (tertiary alicyclic amines) is 1. The van der Waals surface area contributed by atoms with E-state index in [0.29, 0.717) is 16.9 Å². The Labute approximate surface area is 165 Å². The molecule has 0 unspecified atom stereocenters. The van der Waals surface area contributed by atoms with E-state index in [9.17, 15) is 4.79 Å². The highest BCUT2D eigenvalue weighted by atomic mass is 35.5. The predicted molar refractivity (Wildman–Crippen MR) is 107 cm³/mol. The van der Waals surface area contributed by atoms with Gasteiger partial charge in [-0.2, -0.15) is 5.10 Å². The molecule has 1 N–H and O–H groups in total. The van der Waals surface area contributed by atoms with Gasteiger partial charge in [-0.25, -0.2) is 0 Å². The first kappa shape index (κ1) is 18.5. The molecule has 2 heterocycles. The van der Waals surface area contributed by atoms with Gasteiger partial charge in [-0.05, 0) is 49.8 Å². The summed E-state index contributed by atoms with van der Waals surface area (Å²) in [5.74, 6) is 1.43. The zero-order chi connectivity index (χ0) is 18.6. The van der Waals surface area contributed by atoms with Crippen molar-refractivity contribution in [3.05, 3.63) is 53.3 Å². The van der Waals surface area contributed by atoms with Gasteiger partial charge >= 0.3 is 0 Å². The summed E-state index contributed by atoms with van der Waals surface area (Å²) in [5.41, 5.74) is 1.30. The number of nitrogens with zero attached hydrogens (tertiary/aromatic N) is 3. The van der Waals surface area contributed by atoms with E-state index in [-0.39, 0.29) is 11.8 Å². The Morgan fingerprint density at radius 2 is 1.96 bits per heavy atom. The molecular weight excluding hydrogens is 360 g/mol. The molecule has 4 rings (SSSR count). The van der Waals surface area contributed by atoms with E-state index >= 15 is 0 Å². The summed E-state index contributed by atoms with van der Waals surface area (Å²) in [7, 11) is 0. The summed E-state index contributed by atoms with van der Waals surface area (Å²) >= 11 is 5.90. The first-order valence-corrected chi connectivity index (χ1v) is 10.3. The molecule has 144 valence electrons. The van der Waals surface area contributed by atoms with Crippen molar-refractivity contribution >= 4 is 17.5 Å². The van der Waals surface area contributed by atoms with Crippen LogP contribution in [0.15, 0.2) is 42.7 Å². The second-order valence-electron chi connectivity index (χ2n) is 7.81. The van der Waals surface area contributed by atoms with Crippen molar-refractivity contribution in [3.63, 3.8) is 0 Å². The fraction of sp³-hybridized carbons (Fsp3) is 0.524. The maximum Gasteiger partial charge on any atom is 0.223 e. The summed E-state index contributed by atoms with van der Waals surface area (Å²) in [5, 5.41) is 8.12. The van der Waals surface area contributed by atoms with Crippen molar-refractivity contribution in [2.75, 3.05) is 26.2 Å². The van der Waals surface area contributed by atoms with Gasteiger partial charge in [0.25, 0.3) is 0 Å². The molecule has 1 aromatic heterocycles. The van der Waals surface area contributed by atoms with Gasteiger partial charge in [0.1, 0.15) is 0 Å². The molecule has 1 saturated carbocycles. The van der Waals surface area contributed by atoms with E-state index in [2.05, 4.69) is 39.6 Å². The first-order chi connectivity index (χ1) is 13.2. The van der Waals surface area contributed by atoms with Crippen LogP contribution in [0.2, 0.25) is 5.02 Å². The lowest BCUT2D eigenvalue weighted by Gasteiger charge is -2.32. The summed E-state index contributed by atoms with van der Waals surface area (Å²) in [6, 6.07) is 10.4. The van der Waals surface area contributed by atoms with Crippen LogP contribution in [0.25, 0.3) is 0 Å². The van der Waals surface area contributed by atoms with Gasteiger partial charge < -0.3 is 10.2 Å². The number of carbonyl (C=O) groups is 1. The molecule has 0 bridgehead atoms. The molecule has 1 amide bonds. The zero-order valence-corrected chi connectivity index (χ0v) is 16.3. The second kappa shape index (κ2) is 8.44. The van der Waals surface area contributed by atoms with Gasteiger partial charge in [-0.1, -0.05) is 41.9 Å². The second-order valence-corrected chi connectivity index (χ2v) is 8.25. The molecule has 0 radical (unpaired) electrons. The maximum absolute atomic E-state index is 12.4. The molecule has 1 aliphatic carbocycles. The number of hydrogen-bond acceptors (Lipinski definition) is 3. The van der Waals surface area contributed by atoms with E-state index in [1.807, 2.05) is 16.9 Å². The van der Waals surface area contributed by atoms with Crippen LogP contribution >= 0.6 is 11.6 Å². The number of benzene rings is 1. The van der Waals surface area contributed by atoms with Crippen molar-refractivity contribution in [2.24, 2.45) is 11.8 Å². The highest BCUT2D eigenvalue weighted by Gasteiger charge is 2.43. The molecule has 2 fully saturated rings. The van der Waals surface area contributed by atoms with Gasteiger partial charge in [0.15, 0.2) is 0 Å². The number of hydrogen-bond donors (Lipinski definition) is 1. The highest BCUT2D eigenvalue weighted by molar-refractivity contribution is 6.30. The number of carbonyl (C=O) groups excluding carboxylic acids is 1. The third-order valence-corrected chi connectivity index (χ3v) is 6.07. The standard InChI is InChI=1S/C21H27ClN4O/c22-18-14-24-26(15-18)11-10-25-8-6-16(7-9-25)13-23-21(27)20-12-19(20)17-4-2-1-3-5-17/h1-5,14-16,19-20H,6-13H2,(H,23,27)/t19-,20+/m0/s1. The molecule has 2 atom stereocenters. The highest BCUT2D eigenvalue weighted by Crippen LogP contribution is 2.47. The fourth-order valence-corrected chi connectivity index (χ4v) is 4.20. The van der Waals surface area contributed by atoms with Crippen molar-refractivity contribution in [2.45, 2.75) is 31.7 Å². The Morgan fingerprint density at radius 3 is 2.67 bits per heavy atom. The Hall–Kier alpha value is -1.85. The molecule has 1 saturated heterocycles. The average molecular weight is 387 g/mol. The summed E-state index contributed by atoms with van der Waals surface area (Å²) < 4.78 is 1.90. The lowest BCUT2D eigenvalue weighted by atomic mass is 9.96. The lowest BCUT2D eigenvalue weighted by molar-refractivity contribution is -0.122. The number of aromatic nitrogens is 2. The van der Waals surface area contributed by atoms with Crippen LogP contribution in [0.4, 0.5) is 0 Å². The third kappa shape index (κ3) is 4.90. The van der Waals surface area contributed by atoms with Crippen LogP contribution in [0, 0.1) is 11.8 Å². The minimum atomic E-state index is 0.174. The first-order valence-electron chi connectivity index (χ1n) is 9.92. The molecule has 5 nitrogen and oxygen atoms in total. The van der Waals surface area contributed by atoms with Gasteiger partial charge in [-0.15, -0.1) is 0 Å². The van der Waals surface area contributed by atoms with Gasteiger partial charge in [0.05, 0.1) is 17.8 Å². The van der Waals surface area contributed by atoms with E-state index in [1.54, 1.807) is 6.20 Å². The van der Waals surface area contributed by atoms with Gasteiger partial charge in [0.2, 0.25) is 5.91 Å². The Morgan fingerprint density at radius 1 is 1.19 bits per heavy atom. The predicted octanol–water partition coefficient (Wildman–Crippen LogP) is 3.17. The van der Waals surface area contributed by atoms with E-state index in [1.165, 1.54) is 5.56 Å². The van der Waals surface area contributed by atoms with Crippen LogP contribution in [-0.4, -0.2) is 46.8 Å². The van der Waals surface area contributed by atoms with Crippen LogP contribution < -0.4 is 5.32 Å². The number of nitrogens with one attached hydrogen (secondary N) is 1. The number of rotatable bonds is 7. The van der Waals surface area contributed by atoms with Crippen LogP contribution in [-0.2, 0) is 11.3 Å². The fourth-order valence-electron chi connectivity index (χ4n) is 4.05. The average Bonchev–Trinajstić information content (AvgIpc) is 3.41. The van der Waals surface area contributed by atoms with E-state index in [0.717, 1.165) is 52.0 Å². The Bertz CT molecular complexity index is 755. The zero-order valence-electron chi connectivity index (χ0n) is 15.6. The molecule has 1 aliphatic heterocycles. The van der Waals surface area contributed by atoms with Crippen molar-refractivity contribution in [1.29, 1.82) is 0 Å². The summed E-state index contributed by atoms with van der Waals surface area (Å²) in [4.78, 5) is 14.9. The van der Waals surface area contributed by atoms with E-state index in [4.69, 9.17) is 11.6 Å². The summed E-state index contributed by atoms with van der Waals surface area (Å²) in [6.45, 7) is 4.87. The van der Waals surface area contributed by atoms with Crippen molar-refractivity contribution in [3.8, 4) is 0 Å². The number of amides is 1. The minimum absolute atomic E-state index is 0.174. The molecule has 2 aromatic rings. The maximum atomic E-state index is 12.4. The van der Waals surface area contributed by atoms with Crippen molar-refractivity contribution < 1.29 is 4.79 Å². The SMILES string of the molecule is O=C(NCC1CCN(CCn2cc(Cl)cn2)CC1)[C@@H]1C[C@H]1c1ccccc1. The largest absolute Gasteiger partial charge is 0.356 e. The normalized spacial score (nSPS) is 23.3. The van der Waals surface area contributed by atoms with E-state index < -0.39 is 0 Å². The van der Waals surface area contributed by atoms with Crippen LogP contribution in [0.5, 0.6) is 0 Å². The molecule has 1 aromatic carbocycles. The third-order valence-electron chi connectivity index (χ3n) is 5.87. The molecule has 0 spiro atoms. The molecule has 27 heavy (non-hydrogen) atoms. The van der Waals surface area contributed by atoms with Crippen LogP contribution in [0.3, 0.4) is 0 Å². The summed E-state index contributed by atoms with van der Waals surface area (Å²) in [6.07, 6.45) is 6.83. The Kier molecular flexibility index (Phi) is 5.79. The quantitative estimate of drug-likeness (QED) is 0.795. The van der Waals surface area contributed by atoms with Gasteiger partial charge in [-0.3, -0.25) is 9.48 Å². The smallest absolute Gasteiger partial charge is 0.223 e. The topological polar surface area (TPSA) is 50.2 Å². The number of halogens is 1. The number of piperidine rings is 1. The molecular formula is C21H27ClN4O. The molecule has 2 aliphatic rings. The minimum Gasteiger partial charge on any atom is -0.356 e.